The van der Waals surface area contributed by atoms with Crippen LogP contribution in [0.3, 0.4) is 0 Å². The lowest BCUT2D eigenvalue weighted by Gasteiger charge is -2.45. The molecule has 3 aliphatic heterocycles. The van der Waals surface area contributed by atoms with Crippen molar-refractivity contribution in [3.8, 4) is 0 Å². The summed E-state index contributed by atoms with van der Waals surface area (Å²) in [6.07, 6.45) is -10.7. The van der Waals surface area contributed by atoms with E-state index in [0.717, 1.165) is 0 Å². The van der Waals surface area contributed by atoms with Gasteiger partial charge >= 0.3 is 0 Å². The normalized spacial score (nSPS) is 51.6. The van der Waals surface area contributed by atoms with Gasteiger partial charge in [0.15, 0.2) is 18.9 Å². The Morgan fingerprint density at radius 1 is 0.780 bits per heavy atom. The number of aliphatic hydroxyl groups excluding tert-OH is 5. The maximum Gasteiger partial charge on any atom is 0.187 e. The van der Waals surface area contributed by atoms with Crippen LogP contribution in [0.15, 0.2) is 12.2 Å². The van der Waals surface area contributed by atoms with E-state index in [9.17, 15) is 25.5 Å². The smallest absolute Gasteiger partial charge is 0.187 e. The van der Waals surface area contributed by atoms with Crippen LogP contribution in [-0.2, 0) is 28.4 Å². The minimum absolute atomic E-state index is 0.0831. The van der Waals surface area contributed by atoms with Gasteiger partial charge in [0, 0.05) is 30.6 Å². The average molecular weight is 594 g/mol. The van der Waals surface area contributed by atoms with Crippen LogP contribution in [0.25, 0.3) is 0 Å². The third kappa shape index (κ3) is 6.93. The van der Waals surface area contributed by atoms with Gasteiger partial charge in [0.25, 0.3) is 0 Å². The van der Waals surface area contributed by atoms with E-state index in [-0.39, 0.29) is 19.0 Å². The molecule has 1 aliphatic carbocycles. The van der Waals surface area contributed by atoms with Crippen molar-refractivity contribution >= 4 is 0 Å². The third-order valence-electron chi connectivity index (χ3n) is 8.30. The number of ether oxygens (including phenoxy) is 6. The third-order valence-corrected chi connectivity index (χ3v) is 8.30. The topological polar surface area (TPSA) is 287 Å². The molecule has 238 valence electrons. The van der Waals surface area contributed by atoms with Crippen molar-refractivity contribution in [3.63, 3.8) is 0 Å². The zero-order valence-corrected chi connectivity index (χ0v) is 23.2. The number of hydrogen-bond donors (Lipinski definition) is 10. The van der Waals surface area contributed by atoms with Crippen LogP contribution in [0, 0.1) is 5.92 Å². The molecule has 1 saturated carbocycles. The van der Waals surface area contributed by atoms with Crippen LogP contribution >= 0.6 is 0 Å². The Morgan fingerprint density at radius 2 is 1.41 bits per heavy atom. The Balaban J connectivity index is 1.49. The monoisotopic (exact) mass is 593 g/mol. The quantitative estimate of drug-likeness (QED) is 0.112. The molecule has 0 radical (unpaired) electrons. The summed E-state index contributed by atoms with van der Waals surface area (Å²) in [5.74, 6) is -0.706. The molecule has 15 N–H and O–H groups in total. The summed E-state index contributed by atoms with van der Waals surface area (Å²) in [5.41, 5.74) is 30.3. The van der Waals surface area contributed by atoms with E-state index >= 15 is 0 Å². The summed E-state index contributed by atoms with van der Waals surface area (Å²) in [4.78, 5) is 0. The maximum atomic E-state index is 11.2. The van der Waals surface area contributed by atoms with Crippen LogP contribution in [0.2, 0.25) is 0 Å². The highest BCUT2D eigenvalue weighted by molar-refractivity contribution is 5.06. The van der Waals surface area contributed by atoms with Crippen molar-refractivity contribution in [3.05, 3.63) is 12.2 Å². The fourth-order valence-electron chi connectivity index (χ4n) is 5.66. The molecule has 4 rings (SSSR count). The van der Waals surface area contributed by atoms with Gasteiger partial charge < -0.3 is 82.6 Å². The standard InChI is InChI=1S/C25H47N5O11/c1-8-16(32)18(34)14(6-26)37-23(8)40-21-15(7-31)38-25(19(21)35)41-22-17(33)11(29)5-12(30)20(22)39-24-10(28)3-4-13(36-24)9(2)27/h3-4,8-25,31-35H,5-7,26-30H2,1-2H3/t8-,9+,10-,11-,12+,13+,14+,15-,16-,17+,18-,19-,20-,21-,22-,23?,24-,25+/m1/s1. The van der Waals surface area contributed by atoms with Gasteiger partial charge in [-0.2, -0.15) is 0 Å². The van der Waals surface area contributed by atoms with E-state index < -0.39 is 111 Å². The first-order valence-corrected chi connectivity index (χ1v) is 14.0. The summed E-state index contributed by atoms with van der Waals surface area (Å²) in [5, 5.41) is 52.8. The van der Waals surface area contributed by atoms with Gasteiger partial charge in [0.1, 0.15) is 42.7 Å². The molecule has 0 aromatic rings. The fraction of sp³-hybridized carbons (Fsp3) is 0.920. The minimum atomic E-state index is -1.48. The van der Waals surface area contributed by atoms with Crippen molar-refractivity contribution in [1.82, 2.24) is 0 Å². The summed E-state index contributed by atoms with van der Waals surface area (Å²) in [6.45, 7) is 2.73. The van der Waals surface area contributed by atoms with E-state index in [1.807, 2.05) is 0 Å². The van der Waals surface area contributed by atoms with Crippen molar-refractivity contribution in [2.75, 3.05) is 13.2 Å². The zero-order valence-electron chi connectivity index (χ0n) is 23.2. The average Bonchev–Trinajstić information content (AvgIpc) is 3.23. The van der Waals surface area contributed by atoms with Crippen molar-refractivity contribution < 1.29 is 54.0 Å². The van der Waals surface area contributed by atoms with Gasteiger partial charge in [-0.3, -0.25) is 0 Å². The predicted octanol–water partition coefficient (Wildman–Crippen LogP) is -5.36. The van der Waals surface area contributed by atoms with Crippen LogP contribution in [0.5, 0.6) is 0 Å². The Labute approximate surface area is 238 Å². The van der Waals surface area contributed by atoms with Crippen molar-refractivity contribution in [2.24, 2.45) is 34.6 Å². The second-order valence-electron chi connectivity index (χ2n) is 11.5. The molecule has 3 fully saturated rings. The zero-order chi connectivity index (χ0) is 30.2. The largest absolute Gasteiger partial charge is 0.394 e. The number of hydrogen-bond acceptors (Lipinski definition) is 16. The molecular formula is C25H47N5O11. The molecule has 16 nitrogen and oxygen atoms in total. The van der Waals surface area contributed by atoms with E-state index in [1.165, 1.54) is 0 Å². The van der Waals surface area contributed by atoms with E-state index in [0.29, 0.717) is 0 Å². The Kier molecular flexibility index (Phi) is 11.1. The summed E-state index contributed by atoms with van der Waals surface area (Å²) in [6, 6.07) is -2.47. The highest BCUT2D eigenvalue weighted by atomic mass is 16.8. The summed E-state index contributed by atoms with van der Waals surface area (Å²) < 4.78 is 35.6. The van der Waals surface area contributed by atoms with Crippen molar-refractivity contribution in [2.45, 2.75) is 124 Å². The van der Waals surface area contributed by atoms with Crippen molar-refractivity contribution in [1.29, 1.82) is 0 Å². The molecule has 16 heteroatoms. The SMILES string of the molecule is C[C@H](N)[C@@H]1C=C[C@@H](N)[C@@H](O[C@H]2[C@H](O[C@@H]3O[C@H](CO)[C@@H](OC4O[C@@H](CN)[C@@H](O)[C@H](O)[C@H]4C)[C@H]3O)[C@@H](O)[C@H](N)C[C@@H]2N)O1. The highest BCUT2D eigenvalue weighted by Gasteiger charge is 2.53. The number of nitrogens with two attached hydrogens (primary N) is 5. The molecule has 41 heavy (non-hydrogen) atoms. The van der Waals surface area contributed by atoms with Gasteiger partial charge in [0.2, 0.25) is 0 Å². The van der Waals surface area contributed by atoms with E-state index in [2.05, 4.69) is 0 Å². The van der Waals surface area contributed by atoms with E-state index in [4.69, 9.17) is 57.1 Å². The highest BCUT2D eigenvalue weighted by Crippen LogP contribution is 2.35. The van der Waals surface area contributed by atoms with Crippen LogP contribution < -0.4 is 28.7 Å². The summed E-state index contributed by atoms with van der Waals surface area (Å²) in [7, 11) is 0. The van der Waals surface area contributed by atoms with Gasteiger partial charge in [-0.25, -0.2) is 0 Å². The molecule has 0 aromatic heterocycles. The Hall–Kier alpha value is -0.900. The predicted molar refractivity (Wildman–Crippen MR) is 141 cm³/mol. The van der Waals surface area contributed by atoms with Gasteiger partial charge in [0.05, 0.1) is 31.0 Å². The molecule has 0 spiro atoms. The van der Waals surface area contributed by atoms with Crippen LogP contribution in [-0.4, -0.2) is 143 Å². The Bertz CT molecular complexity index is 874. The molecule has 4 aliphatic rings. The molecular weight excluding hydrogens is 546 g/mol. The first-order chi connectivity index (χ1) is 19.4. The first-order valence-electron chi connectivity index (χ1n) is 14.0. The molecule has 3 heterocycles. The van der Waals surface area contributed by atoms with Crippen LogP contribution in [0.4, 0.5) is 0 Å². The molecule has 18 atom stereocenters. The van der Waals surface area contributed by atoms with Gasteiger partial charge in [-0.05, 0) is 13.3 Å². The fourth-order valence-corrected chi connectivity index (χ4v) is 5.66. The minimum Gasteiger partial charge on any atom is -0.394 e. The van der Waals surface area contributed by atoms with E-state index in [1.54, 1.807) is 26.0 Å². The second kappa shape index (κ2) is 13.8. The molecule has 0 aromatic carbocycles. The van der Waals surface area contributed by atoms with Gasteiger partial charge in [-0.1, -0.05) is 19.1 Å². The molecule has 0 amide bonds. The lowest BCUT2D eigenvalue weighted by molar-refractivity contribution is -0.296. The van der Waals surface area contributed by atoms with Crippen LogP contribution in [0.1, 0.15) is 20.3 Å². The lowest BCUT2D eigenvalue weighted by atomic mass is 9.84. The lowest BCUT2D eigenvalue weighted by Crippen LogP contribution is -2.65. The second-order valence-corrected chi connectivity index (χ2v) is 11.5. The molecule has 2 saturated heterocycles. The molecule has 1 unspecified atom stereocenters. The maximum absolute atomic E-state index is 11.2. The number of aliphatic hydroxyl groups is 5. The first kappa shape index (κ1) is 33.0. The number of rotatable bonds is 9. The Morgan fingerprint density at radius 3 is 2.05 bits per heavy atom. The molecule has 0 bridgehead atoms. The van der Waals surface area contributed by atoms with Gasteiger partial charge in [-0.15, -0.1) is 0 Å². The summed E-state index contributed by atoms with van der Waals surface area (Å²) >= 11 is 0.